The van der Waals surface area contributed by atoms with E-state index in [4.69, 9.17) is 10.5 Å². The van der Waals surface area contributed by atoms with E-state index in [2.05, 4.69) is 9.73 Å². The second kappa shape index (κ2) is 3.66. The summed E-state index contributed by atoms with van der Waals surface area (Å²) in [6, 6.07) is -0.232. The molecule has 0 saturated carbocycles. The van der Waals surface area contributed by atoms with Gasteiger partial charge in [0, 0.05) is 18.5 Å². The first-order valence-corrected chi connectivity index (χ1v) is 4.87. The van der Waals surface area contributed by atoms with Crippen LogP contribution in [0.25, 0.3) is 0 Å². The van der Waals surface area contributed by atoms with Crippen molar-refractivity contribution in [2.45, 2.75) is 31.5 Å². The lowest BCUT2D eigenvalue weighted by atomic mass is 9.89. The molecule has 5 heteroatoms. The molecule has 1 aliphatic heterocycles. The van der Waals surface area contributed by atoms with Gasteiger partial charge in [0.1, 0.15) is 12.1 Å². The summed E-state index contributed by atoms with van der Waals surface area (Å²) in [5.74, 6) is 0.292. The smallest absolute Gasteiger partial charge is 0.333 e. The van der Waals surface area contributed by atoms with Crippen molar-refractivity contribution in [3.63, 3.8) is 0 Å². The van der Waals surface area contributed by atoms with Crippen molar-refractivity contribution >= 4 is 11.9 Å². The number of esters is 1. The van der Waals surface area contributed by atoms with E-state index in [0.29, 0.717) is 17.9 Å². The first kappa shape index (κ1) is 10.2. The number of ether oxygens (including phenoxy) is 2. The number of hydrogen-bond acceptors (Lipinski definition) is 5. The van der Waals surface area contributed by atoms with Crippen molar-refractivity contribution in [1.29, 1.82) is 0 Å². The Labute approximate surface area is 87.9 Å². The summed E-state index contributed by atoms with van der Waals surface area (Å²) < 4.78 is 10.1. The monoisotopic (exact) mass is 210 g/mol. The second-order valence-corrected chi connectivity index (χ2v) is 3.77. The molecule has 2 aliphatic rings. The van der Waals surface area contributed by atoms with Crippen LogP contribution >= 0.6 is 0 Å². The van der Waals surface area contributed by atoms with E-state index >= 15 is 0 Å². The van der Waals surface area contributed by atoms with Crippen molar-refractivity contribution in [1.82, 2.24) is 0 Å². The van der Waals surface area contributed by atoms with Crippen LogP contribution in [0.15, 0.2) is 16.6 Å². The molecular formula is C10H14N2O3. The van der Waals surface area contributed by atoms with Crippen molar-refractivity contribution in [2.75, 3.05) is 7.11 Å². The Kier molecular flexibility index (Phi) is 2.48. The van der Waals surface area contributed by atoms with Crippen LogP contribution in [0.4, 0.5) is 0 Å². The first-order chi connectivity index (χ1) is 7.11. The number of hydrogen-bond donors (Lipinski definition) is 1. The first-order valence-electron chi connectivity index (χ1n) is 4.87. The number of carbonyl (C=O) groups is 1. The van der Waals surface area contributed by atoms with Crippen LogP contribution in [0, 0.1) is 0 Å². The van der Waals surface area contributed by atoms with Gasteiger partial charge in [-0.2, -0.15) is 0 Å². The van der Waals surface area contributed by atoms with Crippen molar-refractivity contribution in [2.24, 2.45) is 10.7 Å². The minimum atomic E-state index is -0.336. The number of aliphatic imine (C=N–C) groups is 1. The molecule has 1 heterocycles. The zero-order valence-electron chi connectivity index (χ0n) is 8.77. The van der Waals surface area contributed by atoms with E-state index < -0.39 is 0 Å². The summed E-state index contributed by atoms with van der Waals surface area (Å²) in [7, 11) is 1.36. The van der Waals surface area contributed by atoms with Crippen LogP contribution in [-0.4, -0.2) is 37.2 Å². The standard InChI is InChI=1S/C10H14N2O3/c1-5-12-9-7(11)3-6(10(13)14-2)4-8(9)15-5/h4,7-9H,3,11H2,1-2H3/t7-,8-,9+/m0/s1. The van der Waals surface area contributed by atoms with Crippen LogP contribution in [-0.2, 0) is 14.3 Å². The average molecular weight is 210 g/mol. The van der Waals surface area contributed by atoms with Gasteiger partial charge in [-0.15, -0.1) is 0 Å². The highest BCUT2D eigenvalue weighted by Gasteiger charge is 2.38. The Balaban J connectivity index is 2.21. The summed E-state index contributed by atoms with van der Waals surface area (Å²) in [6.45, 7) is 1.79. The van der Waals surface area contributed by atoms with Crippen LogP contribution in [0.1, 0.15) is 13.3 Å². The number of nitrogens with two attached hydrogens (primary N) is 1. The molecule has 0 unspecified atom stereocenters. The lowest BCUT2D eigenvalue weighted by Gasteiger charge is -2.26. The van der Waals surface area contributed by atoms with Crippen molar-refractivity contribution in [3.05, 3.63) is 11.6 Å². The van der Waals surface area contributed by atoms with Crippen LogP contribution < -0.4 is 5.73 Å². The minimum Gasteiger partial charge on any atom is -0.471 e. The third kappa shape index (κ3) is 1.74. The molecule has 15 heavy (non-hydrogen) atoms. The van der Waals surface area contributed by atoms with Gasteiger partial charge in [0.25, 0.3) is 0 Å². The Morgan fingerprint density at radius 2 is 2.47 bits per heavy atom. The summed E-state index contributed by atoms with van der Waals surface area (Å²) in [4.78, 5) is 15.6. The number of fused-ring (bicyclic) bond motifs is 1. The second-order valence-electron chi connectivity index (χ2n) is 3.77. The van der Waals surface area contributed by atoms with Gasteiger partial charge in [-0.1, -0.05) is 0 Å². The Bertz CT molecular complexity index is 349. The molecule has 0 saturated heterocycles. The van der Waals surface area contributed by atoms with E-state index in [-0.39, 0.29) is 24.2 Å². The Morgan fingerprint density at radius 3 is 3.13 bits per heavy atom. The van der Waals surface area contributed by atoms with Crippen LogP contribution in [0.2, 0.25) is 0 Å². The molecule has 0 amide bonds. The normalized spacial score (nSPS) is 33.7. The van der Waals surface area contributed by atoms with E-state index in [0.717, 1.165) is 0 Å². The molecule has 1 aliphatic carbocycles. The number of rotatable bonds is 1. The van der Waals surface area contributed by atoms with Crippen LogP contribution in [0.3, 0.4) is 0 Å². The van der Waals surface area contributed by atoms with Crippen molar-refractivity contribution < 1.29 is 14.3 Å². The summed E-state index contributed by atoms with van der Waals surface area (Å²) in [5.41, 5.74) is 6.51. The third-order valence-electron chi connectivity index (χ3n) is 2.68. The molecule has 0 bridgehead atoms. The Morgan fingerprint density at radius 1 is 1.73 bits per heavy atom. The quantitative estimate of drug-likeness (QED) is 0.618. The minimum absolute atomic E-state index is 0.0570. The topological polar surface area (TPSA) is 73.9 Å². The lowest BCUT2D eigenvalue weighted by Crippen LogP contribution is -2.43. The third-order valence-corrected chi connectivity index (χ3v) is 2.68. The molecular weight excluding hydrogens is 196 g/mol. The predicted molar refractivity (Wildman–Crippen MR) is 54.5 cm³/mol. The van der Waals surface area contributed by atoms with E-state index in [1.807, 2.05) is 0 Å². The maximum atomic E-state index is 11.3. The van der Waals surface area contributed by atoms with Crippen LogP contribution in [0.5, 0.6) is 0 Å². The molecule has 82 valence electrons. The molecule has 3 atom stereocenters. The van der Waals surface area contributed by atoms with E-state index in [1.54, 1.807) is 13.0 Å². The predicted octanol–water partition coefficient (Wildman–Crippen LogP) is 0.00260. The highest BCUT2D eigenvalue weighted by atomic mass is 16.5. The highest BCUT2D eigenvalue weighted by Crippen LogP contribution is 2.27. The largest absolute Gasteiger partial charge is 0.471 e. The number of carbonyl (C=O) groups excluding carboxylic acids is 1. The molecule has 0 radical (unpaired) electrons. The fraction of sp³-hybridized carbons (Fsp3) is 0.600. The van der Waals surface area contributed by atoms with Gasteiger partial charge in [0.15, 0.2) is 5.90 Å². The molecule has 2 rings (SSSR count). The van der Waals surface area contributed by atoms with Gasteiger partial charge < -0.3 is 15.2 Å². The molecule has 5 nitrogen and oxygen atoms in total. The fourth-order valence-corrected chi connectivity index (χ4v) is 1.98. The van der Waals surface area contributed by atoms with Gasteiger partial charge in [-0.25, -0.2) is 9.79 Å². The van der Waals surface area contributed by atoms with Gasteiger partial charge in [-0.05, 0) is 12.5 Å². The number of nitrogens with zero attached hydrogens (tertiary/aromatic N) is 1. The molecule has 0 aromatic carbocycles. The number of methoxy groups -OCH3 is 1. The molecule has 0 spiro atoms. The molecule has 0 aromatic rings. The Hall–Kier alpha value is -1.36. The van der Waals surface area contributed by atoms with Gasteiger partial charge in [0.2, 0.25) is 0 Å². The molecule has 2 N–H and O–H groups in total. The van der Waals surface area contributed by atoms with E-state index in [1.165, 1.54) is 7.11 Å². The van der Waals surface area contributed by atoms with Gasteiger partial charge >= 0.3 is 5.97 Å². The van der Waals surface area contributed by atoms with Crippen molar-refractivity contribution in [3.8, 4) is 0 Å². The zero-order chi connectivity index (χ0) is 11.0. The molecule has 0 fully saturated rings. The van der Waals surface area contributed by atoms with E-state index in [9.17, 15) is 4.79 Å². The van der Waals surface area contributed by atoms with Gasteiger partial charge in [-0.3, -0.25) is 0 Å². The summed E-state index contributed by atoms with van der Waals surface area (Å²) in [5, 5.41) is 0. The summed E-state index contributed by atoms with van der Waals surface area (Å²) in [6.07, 6.45) is 2.05. The van der Waals surface area contributed by atoms with Gasteiger partial charge in [0.05, 0.1) is 7.11 Å². The maximum absolute atomic E-state index is 11.3. The average Bonchev–Trinajstić information content (AvgIpc) is 2.58. The summed E-state index contributed by atoms with van der Waals surface area (Å²) >= 11 is 0. The fourth-order valence-electron chi connectivity index (χ4n) is 1.98. The highest BCUT2D eigenvalue weighted by molar-refractivity contribution is 5.89. The lowest BCUT2D eigenvalue weighted by molar-refractivity contribution is -0.136. The molecule has 0 aromatic heterocycles. The maximum Gasteiger partial charge on any atom is 0.333 e. The zero-order valence-corrected chi connectivity index (χ0v) is 8.77. The SMILES string of the molecule is COC(=O)C1=C[C@@H]2OC(C)=N[C@@H]2[C@@H](N)C1.